The predicted octanol–water partition coefficient (Wildman–Crippen LogP) is 5.50. The van der Waals surface area contributed by atoms with Crippen LogP contribution in [0.1, 0.15) is 44.7 Å². The zero-order valence-electron chi connectivity index (χ0n) is 18.2. The Kier molecular flexibility index (Phi) is 7.84. The molecule has 0 radical (unpaired) electrons. The van der Waals surface area contributed by atoms with Gasteiger partial charge >= 0.3 is 6.09 Å². The number of rotatable bonds is 8. The molecule has 2 rings (SSSR count). The maximum atomic E-state index is 13.5. The number of hydrogen-bond donors (Lipinski definition) is 0. The molecule has 0 bridgehead atoms. The third-order valence-corrected chi connectivity index (χ3v) is 6.36. The zero-order chi connectivity index (χ0) is 22.4. The van der Waals surface area contributed by atoms with Crippen molar-refractivity contribution >= 4 is 16.1 Å². The predicted molar refractivity (Wildman–Crippen MR) is 120 cm³/mol. The smallest absolute Gasteiger partial charge is 0.424 e. The lowest BCUT2D eigenvalue weighted by Crippen LogP contribution is -2.47. The number of carbonyl (C=O) groups excluding carboxylic acids is 1. The maximum absolute atomic E-state index is 13.5. The fourth-order valence-corrected chi connectivity index (χ4v) is 4.60. The summed E-state index contributed by atoms with van der Waals surface area (Å²) in [6, 6.07) is 15.6. The quantitative estimate of drug-likeness (QED) is 0.520. The van der Waals surface area contributed by atoms with E-state index in [0.717, 1.165) is 15.4 Å². The minimum absolute atomic E-state index is 0.0627. The molecule has 2 aromatic rings. The lowest BCUT2D eigenvalue weighted by molar-refractivity contribution is 0.0334. The van der Waals surface area contributed by atoms with Gasteiger partial charge in [0, 0.05) is 0 Å². The molecule has 0 spiro atoms. The lowest BCUT2D eigenvalue weighted by Gasteiger charge is -2.32. The van der Waals surface area contributed by atoms with Crippen LogP contribution in [0.4, 0.5) is 4.79 Å². The Morgan fingerprint density at radius 3 is 2.23 bits per heavy atom. The van der Waals surface area contributed by atoms with Gasteiger partial charge in [-0.25, -0.2) is 13.2 Å². The Balaban J connectivity index is 2.44. The molecule has 6 heteroatoms. The van der Waals surface area contributed by atoms with Gasteiger partial charge in [0.05, 0.1) is 10.9 Å². The van der Waals surface area contributed by atoms with Crippen molar-refractivity contribution in [3.63, 3.8) is 0 Å². The van der Waals surface area contributed by atoms with E-state index in [-0.39, 0.29) is 4.90 Å². The van der Waals surface area contributed by atoms with Crippen LogP contribution in [0.25, 0.3) is 0 Å². The molecular weight excluding hydrogens is 398 g/mol. The van der Waals surface area contributed by atoms with E-state index in [9.17, 15) is 13.2 Å². The highest BCUT2D eigenvalue weighted by Crippen LogP contribution is 2.26. The Hall–Kier alpha value is -2.60. The first-order chi connectivity index (χ1) is 14.0. The number of hydrogen-bond acceptors (Lipinski definition) is 4. The van der Waals surface area contributed by atoms with E-state index in [0.29, 0.717) is 19.3 Å². The van der Waals surface area contributed by atoms with Crippen LogP contribution in [-0.2, 0) is 21.2 Å². The Morgan fingerprint density at radius 1 is 1.10 bits per heavy atom. The molecule has 0 aliphatic rings. The van der Waals surface area contributed by atoms with Gasteiger partial charge in [-0.05, 0) is 64.7 Å². The van der Waals surface area contributed by atoms with Crippen LogP contribution in [0.3, 0.4) is 0 Å². The number of carbonyl (C=O) groups is 1. The van der Waals surface area contributed by atoms with Crippen LogP contribution in [0.5, 0.6) is 0 Å². The van der Waals surface area contributed by atoms with Gasteiger partial charge in [-0.15, -0.1) is 6.58 Å². The largest absolute Gasteiger partial charge is 0.443 e. The second-order valence-corrected chi connectivity index (χ2v) is 10.1. The van der Waals surface area contributed by atoms with Gasteiger partial charge in [-0.2, -0.15) is 4.31 Å². The maximum Gasteiger partial charge on any atom is 0.424 e. The Morgan fingerprint density at radius 2 is 1.70 bits per heavy atom. The molecule has 0 saturated heterocycles. The van der Waals surface area contributed by atoms with E-state index in [1.807, 2.05) is 37.3 Å². The summed E-state index contributed by atoms with van der Waals surface area (Å²) in [5, 5.41) is 0. The summed E-state index contributed by atoms with van der Waals surface area (Å²) in [5.74, 6) is 0. The molecule has 2 aromatic carbocycles. The van der Waals surface area contributed by atoms with Crippen LogP contribution < -0.4 is 0 Å². The van der Waals surface area contributed by atoms with Crippen LogP contribution in [-0.4, -0.2) is 30.5 Å². The number of aryl methyl sites for hydroxylation is 2. The topological polar surface area (TPSA) is 63.7 Å². The Bertz CT molecular complexity index is 945. The number of sulfonamides is 1. The molecule has 0 N–H and O–H groups in total. The molecule has 30 heavy (non-hydrogen) atoms. The molecule has 0 aromatic heterocycles. The fraction of sp³-hybridized carbons (Fsp3) is 0.375. The van der Waals surface area contributed by atoms with E-state index >= 15 is 0 Å². The summed E-state index contributed by atoms with van der Waals surface area (Å²) in [6.07, 6.45) is 2.18. The average molecular weight is 430 g/mol. The molecular formula is C24H31NO4S. The minimum Gasteiger partial charge on any atom is -0.443 e. The van der Waals surface area contributed by atoms with Crippen LogP contribution in [0, 0.1) is 6.92 Å². The van der Waals surface area contributed by atoms with E-state index in [2.05, 4.69) is 6.58 Å². The highest BCUT2D eigenvalue weighted by Gasteiger charge is 2.38. The summed E-state index contributed by atoms with van der Waals surface area (Å²) in [5.41, 5.74) is 1.18. The molecule has 5 nitrogen and oxygen atoms in total. The van der Waals surface area contributed by atoms with E-state index < -0.39 is 27.8 Å². The van der Waals surface area contributed by atoms with Gasteiger partial charge in [0.1, 0.15) is 5.60 Å². The Labute approximate surface area is 180 Å². The molecule has 1 unspecified atom stereocenters. The van der Waals surface area contributed by atoms with Crippen molar-refractivity contribution in [3.8, 4) is 0 Å². The summed E-state index contributed by atoms with van der Waals surface area (Å²) >= 11 is 0. The normalized spacial score (nSPS) is 12.8. The van der Waals surface area contributed by atoms with Crippen molar-refractivity contribution < 1.29 is 17.9 Å². The molecule has 0 aliphatic heterocycles. The van der Waals surface area contributed by atoms with Gasteiger partial charge in [-0.3, -0.25) is 0 Å². The number of ether oxygens (including phenoxy) is 1. The summed E-state index contributed by atoms with van der Waals surface area (Å²) < 4.78 is 33.4. The van der Waals surface area contributed by atoms with Crippen molar-refractivity contribution in [3.05, 3.63) is 78.4 Å². The standard InChI is InChI=1S/C24H31NO4S/c1-6-10-21(16-15-20-11-8-7-9-12-20)25(23(26)29-24(3,4)5)30(27,28)22-17-13-19(2)14-18-22/h6-9,11-14,17-18,21H,1,10,15-16H2,2-5H3. The van der Waals surface area contributed by atoms with Crippen molar-refractivity contribution in [2.24, 2.45) is 0 Å². The second kappa shape index (κ2) is 9.94. The molecule has 1 amide bonds. The van der Waals surface area contributed by atoms with Crippen LogP contribution in [0.2, 0.25) is 0 Å². The number of benzene rings is 2. The van der Waals surface area contributed by atoms with Crippen molar-refractivity contribution in [2.45, 2.75) is 63.5 Å². The van der Waals surface area contributed by atoms with Crippen LogP contribution in [0.15, 0.2) is 72.1 Å². The first kappa shape index (κ1) is 23.7. The highest BCUT2D eigenvalue weighted by molar-refractivity contribution is 7.89. The van der Waals surface area contributed by atoms with Gasteiger partial charge in [0.2, 0.25) is 0 Å². The van der Waals surface area contributed by atoms with Crippen molar-refractivity contribution in [1.29, 1.82) is 0 Å². The first-order valence-corrected chi connectivity index (χ1v) is 11.5. The van der Waals surface area contributed by atoms with Gasteiger partial charge in [-0.1, -0.05) is 54.1 Å². The van der Waals surface area contributed by atoms with Gasteiger partial charge in [0.15, 0.2) is 0 Å². The third kappa shape index (κ3) is 6.46. The summed E-state index contributed by atoms with van der Waals surface area (Å²) in [4.78, 5) is 13.1. The molecule has 0 heterocycles. The molecule has 0 fully saturated rings. The molecule has 0 saturated carbocycles. The number of nitrogens with zero attached hydrogens (tertiary/aromatic N) is 1. The highest BCUT2D eigenvalue weighted by atomic mass is 32.2. The summed E-state index contributed by atoms with van der Waals surface area (Å²) in [6.45, 7) is 10.8. The minimum atomic E-state index is -4.10. The van der Waals surface area contributed by atoms with Gasteiger partial charge in [0.25, 0.3) is 10.0 Å². The van der Waals surface area contributed by atoms with E-state index in [1.54, 1.807) is 39.0 Å². The van der Waals surface area contributed by atoms with Gasteiger partial charge < -0.3 is 4.74 Å². The third-order valence-electron chi connectivity index (χ3n) is 4.53. The monoisotopic (exact) mass is 429 g/mol. The fourth-order valence-electron chi connectivity index (χ4n) is 3.08. The average Bonchev–Trinajstić information content (AvgIpc) is 2.66. The zero-order valence-corrected chi connectivity index (χ0v) is 19.0. The molecule has 0 aliphatic carbocycles. The second-order valence-electron chi connectivity index (χ2n) is 8.30. The van der Waals surface area contributed by atoms with E-state index in [4.69, 9.17) is 4.74 Å². The summed E-state index contributed by atoms with van der Waals surface area (Å²) in [7, 11) is -4.10. The molecule has 1 atom stereocenters. The SMILES string of the molecule is C=CCC(CCc1ccccc1)N(C(=O)OC(C)(C)C)S(=O)(=O)c1ccc(C)cc1. The first-order valence-electron chi connectivity index (χ1n) is 10.0. The lowest BCUT2D eigenvalue weighted by atomic mass is 10.0. The van der Waals surface area contributed by atoms with Crippen molar-refractivity contribution in [1.82, 2.24) is 4.31 Å². The van der Waals surface area contributed by atoms with Crippen LogP contribution >= 0.6 is 0 Å². The molecule has 162 valence electrons. The van der Waals surface area contributed by atoms with E-state index in [1.165, 1.54) is 12.1 Å². The van der Waals surface area contributed by atoms with Crippen molar-refractivity contribution in [2.75, 3.05) is 0 Å². The number of amides is 1.